The van der Waals surface area contributed by atoms with Crippen LogP contribution in [0.1, 0.15) is 46.5 Å². The van der Waals surface area contributed by atoms with Gasteiger partial charge in [0, 0.05) is 23.7 Å². The van der Waals surface area contributed by atoms with Gasteiger partial charge in [0.1, 0.15) is 0 Å². The van der Waals surface area contributed by atoms with Gasteiger partial charge < -0.3 is 15.4 Å². The molecule has 0 radical (unpaired) electrons. The maximum Gasteiger partial charge on any atom is 0.337 e. The van der Waals surface area contributed by atoms with Crippen LogP contribution >= 0.6 is 0 Å². The molecule has 1 atom stereocenters. The molecule has 2 aromatic carbocycles. The van der Waals surface area contributed by atoms with Gasteiger partial charge in [0.2, 0.25) is 5.91 Å². The van der Waals surface area contributed by atoms with Gasteiger partial charge in [-0.2, -0.15) is 0 Å². The molecular formula is C21H24N2O4. The maximum atomic E-state index is 12.3. The van der Waals surface area contributed by atoms with E-state index in [1.54, 1.807) is 24.3 Å². The Bertz CT molecular complexity index is 815. The van der Waals surface area contributed by atoms with Crippen molar-refractivity contribution in [2.45, 2.75) is 26.8 Å². The van der Waals surface area contributed by atoms with Crippen molar-refractivity contribution in [1.82, 2.24) is 5.32 Å². The molecule has 27 heavy (non-hydrogen) atoms. The number of hydrogen-bond acceptors (Lipinski definition) is 4. The first-order chi connectivity index (χ1) is 12.9. The monoisotopic (exact) mass is 368 g/mol. The topological polar surface area (TPSA) is 84.5 Å². The van der Waals surface area contributed by atoms with Crippen molar-refractivity contribution in [3.8, 4) is 0 Å². The third-order valence-corrected chi connectivity index (χ3v) is 4.28. The first kappa shape index (κ1) is 20.2. The molecule has 0 fully saturated rings. The number of esters is 1. The van der Waals surface area contributed by atoms with Gasteiger partial charge in [-0.25, -0.2) is 4.79 Å². The highest BCUT2D eigenvalue weighted by molar-refractivity contribution is 5.96. The van der Waals surface area contributed by atoms with E-state index in [4.69, 9.17) is 0 Å². The third kappa shape index (κ3) is 5.67. The number of carbonyl (C=O) groups is 3. The van der Waals surface area contributed by atoms with Gasteiger partial charge in [0.15, 0.2) is 0 Å². The van der Waals surface area contributed by atoms with Gasteiger partial charge in [-0.1, -0.05) is 26.0 Å². The molecule has 0 spiro atoms. The molecule has 0 aliphatic rings. The van der Waals surface area contributed by atoms with E-state index in [0.29, 0.717) is 23.4 Å². The van der Waals surface area contributed by atoms with E-state index in [2.05, 4.69) is 15.4 Å². The zero-order valence-corrected chi connectivity index (χ0v) is 15.7. The summed E-state index contributed by atoms with van der Waals surface area (Å²) in [7, 11) is 1.31. The summed E-state index contributed by atoms with van der Waals surface area (Å²) in [6.07, 6.45) is 0.774. The minimum absolute atomic E-state index is 0.0237. The fourth-order valence-electron chi connectivity index (χ4n) is 2.37. The lowest BCUT2D eigenvalue weighted by molar-refractivity contribution is -0.119. The molecule has 6 heteroatoms. The highest BCUT2D eigenvalue weighted by Gasteiger charge is 2.11. The average molecular weight is 368 g/mol. The summed E-state index contributed by atoms with van der Waals surface area (Å²) in [4.78, 5) is 35.7. The van der Waals surface area contributed by atoms with Crippen molar-refractivity contribution >= 4 is 23.5 Å². The summed E-state index contributed by atoms with van der Waals surface area (Å²) >= 11 is 0. The summed E-state index contributed by atoms with van der Waals surface area (Å²) in [5, 5.41) is 5.70. The highest BCUT2D eigenvalue weighted by Crippen LogP contribution is 2.13. The second-order valence-electron chi connectivity index (χ2n) is 6.25. The van der Waals surface area contributed by atoms with Crippen LogP contribution in [0.25, 0.3) is 0 Å². The van der Waals surface area contributed by atoms with Crippen LogP contribution < -0.4 is 10.6 Å². The number of hydrogen-bond donors (Lipinski definition) is 2. The quantitative estimate of drug-likeness (QED) is 0.734. The fraction of sp³-hybridized carbons (Fsp3) is 0.286. The van der Waals surface area contributed by atoms with Crippen LogP contribution in [0.5, 0.6) is 0 Å². The Morgan fingerprint density at radius 2 is 1.70 bits per heavy atom. The predicted molar refractivity (Wildman–Crippen MR) is 103 cm³/mol. The van der Waals surface area contributed by atoms with Crippen LogP contribution in [0, 0.1) is 5.92 Å². The summed E-state index contributed by atoms with van der Waals surface area (Å²) < 4.78 is 4.63. The van der Waals surface area contributed by atoms with Crippen molar-refractivity contribution in [2.24, 2.45) is 5.92 Å². The van der Waals surface area contributed by atoms with E-state index in [9.17, 15) is 14.4 Å². The largest absolute Gasteiger partial charge is 0.465 e. The second kappa shape index (κ2) is 9.52. The van der Waals surface area contributed by atoms with E-state index in [1.165, 1.54) is 7.11 Å². The molecule has 0 aliphatic carbocycles. The van der Waals surface area contributed by atoms with Crippen LogP contribution in [0.15, 0.2) is 48.5 Å². The summed E-state index contributed by atoms with van der Waals surface area (Å²) in [6, 6.07) is 13.6. The number of methoxy groups -OCH3 is 1. The van der Waals surface area contributed by atoms with Crippen LogP contribution in [0.2, 0.25) is 0 Å². The van der Waals surface area contributed by atoms with Crippen molar-refractivity contribution in [3.63, 3.8) is 0 Å². The molecule has 6 nitrogen and oxygen atoms in total. The molecule has 2 N–H and O–H groups in total. The number of rotatable bonds is 7. The Morgan fingerprint density at radius 1 is 1.04 bits per heavy atom. The van der Waals surface area contributed by atoms with Gasteiger partial charge in [0.05, 0.1) is 12.7 Å². The Hall–Kier alpha value is -3.15. The molecule has 0 bridgehead atoms. The lowest BCUT2D eigenvalue weighted by Crippen LogP contribution is -2.23. The molecule has 2 amide bonds. The van der Waals surface area contributed by atoms with Crippen LogP contribution in [-0.2, 0) is 16.1 Å². The van der Waals surface area contributed by atoms with Crippen LogP contribution in [0.3, 0.4) is 0 Å². The molecule has 0 heterocycles. The molecule has 0 aliphatic heterocycles. The molecule has 0 saturated carbocycles. The lowest BCUT2D eigenvalue weighted by Gasteiger charge is -2.11. The zero-order valence-electron chi connectivity index (χ0n) is 15.7. The SMILES string of the molecule is CCC(C)C(=O)Nc1cccc(CNC(=O)c2ccc(C(=O)OC)cc2)c1. The van der Waals surface area contributed by atoms with Crippen molar-refractivity contribution in [3.05, 3.63) is 65.2 Å². The van der Waals surface area contributed by atoms with Crippen molar-refractivity contribution in [1.29, 1.82) is 0 Å². The van der Waals surface area contributed by atoms with Crippen LogP contribution in [0.4, 0.5) is 5.69 Å². The number of amides is 2. The summed E-state index contributed by atoms with van der Waals surface area (Å²) in [5.41, 5.74) is 2.41. The number of anilines is 1. The van der Waals surface area contributed by atoms with Gasteiger partial charge >= 0.3 is 5.97 Å². The molecule has 142 valence electrons. The smallest absolute Gasteiger partial charge is 0.337 e. The maximum absolute atomic E-state index is 12.3. The Labute approximate surface area is 158 Å². The number of carbonyl (C=O) groups excluding carboxylic acids is 3. The Kier molecular flexibility index (Phi) is 7.11. The molecule has 1 unspecified atom stereocenters. The van der Waals surface area contributed by atoms with Gasteiger partial charge in [-0.3, -0.25) is 9.59 Å². The van der Waals surface area contributed by atoms with Gasteiger partial charge in [-0.15, -0.1) is 0 Å². The van der Waals surface area contributed by atoms with Crippen molar-refractivity contribution < 1.29 is 19.1 Å². The number of nitrogens with one attached hydrogen (secondary N) is 2. The van der Waals surface area contributed by atoms with Crippen LogP contribution in [-0.4, -0.2) is 24.9 Å². The minimum Gasteiger partial charge on any atom is -0.465 e. The van der Waals surface area contributed by atoms with E-state index in [0.717, 1.165) is 12.0 Å². The van der Waals surface area contributed by atoms with Gasteiger partial charge in [0.25, 0.3) is 5.91 Å². The van der Waals surface area contributed by atoms with Gasteiger partial charge in [-0.05, 0) is 48.4 Å². The minimum atomic E-state index is -0.446. The average Bonchev–Trinajstić information content (AvgIpc) is 2.71. The number of benzene rings is 2. The molecule has 2 aromatic rings. The molecule has 2 rings (SSSR count). The molecule has 0 aromatic heterocycles. The Morgan fingerprint density at radius 3 is 2.33 bits per heavy atom. The normalized spacial score (nSPS) is 11.4. The summed E-state index contributed by atoms with van der Waals surface area (Å²) in [5.74, 6) is -0.774. The molecular weight excluding hydrogens is 344 g/mol. The van der Waals surface area contributed by atoms with Crippen molar-refractivity contribution in [2.75, 3.05) is 12.4 Å². The first-order valence-corrected chi connectivity index (χ1v) is 8.81. The first-order valence-electron chi connectivity index (χ1n) is 8.81. The van der Waals surface area contributed by atoms with E-state index in [-0.39, 0.29) is 17.7 Å². The number of ether oxygens (including phenoxy) is 1. The second-order valence-corrected chi connectivity index (χ2v) is 6.25. The van der Waals surface area contributed by atoms with E-state index >= 15 is 0 Å². The molecule has 0 saturated heterocycles. The third-order valence-electron chi connectivity index (χ3n) is 4.28. The van der Waals surface area contributed by atoms with E-state index in [1.807, 2.05) is 38.1 Å². The fourth-order valence-corrected chi connectivity index (χ4v) is 2.37. The lowest BCUT2D eigenvalue weighted by atomic mass is 10.1. The van der Waals surface area contributed by atoms with E-state index < -0.39 is 5.97 Å². The zero-order chi connectivity index (χ0) is 19.8. The Balaban J connectivity index is 1.96. The summed E-state index contributed by atoms with van der Waals surface area (Å²) in [6.45, 7) is 4.17. The predicted octanol–water partition coefficient (Wildman–Crippen LogP) is 3.39. The standard InChI is InChI=1S/C21H24N2O4/c1-4-14(2)19(24)23-18-7-5-6-15(12-18)13-22-20(25)16-8-10-17(11-9-16)21(26)27-3/h5-12,14H,4,13H2,1-3H3,(H,22,25)(H,23,24). The highest BCUT2D eigenvalue weighted by atomic mass is 16.5.